The van der Waals surface area contributed by atoms with Crippen LogP contribution in [0.5, 0.6) is 5.75 Å². The molecule has 1 aliphatic rings. The van der Waals surface area contributed by atoms with E-state index < -0.39 is 11.2 Å². The van der Waals surface area contributed by atoms with Crippen molar-refractivity contribution in [2.45, 2.75) is 36.2 Å². The van der Waals surface area contributed by atoms with Gasteiger partial charge in [-0.3, -0.25) is 0 Å². The fourth-order valence-corrected chi connectivity index (χ4v) is 4.14. The first-order valence-electron chi connectivity index (χ1n) is 6.55. The molecule has 1 unspecified atom stereocenters. The van der Waals surface area contributed by atoms with E-state index in [9.17, 15) is 4.55 Å². The van der Waals surface area contributed by atoms with E-state index in [-0.39, 0.29) is 6.10 Å². The lowest BCUT2D eigenvalue weighted by molar-refractivity contribution is 0.242. The van der Waals surface area contributed by atoms with Crippen LogP contribution in [0, 0.1) is 0 Å². The average molecular weight is 307 g/mol. The van der Waals surface area contributed by atoms with E-state index in [1.165, 1.54) is 0 Å². The first kappa shape index (κ1) is 13.8. The van der Waals surface area contributed by atoms with Gasteiger partial charge in [0.2, 0.25) is 0 Å². The van der Waals surface area contributed by atoms with Gasteiger partial charge in [-0.15, -0.1) is 0 Å². The second-order valence-corrected chi connectivity index (χ2v) is 6.87. The second kappa shape index (κ2) is 5.32. The number of hydrogen-bond donors (Lipinski definition) is 0. The van der Waals surface area contributed by atoms with Crippen LogP contribution in [0.4, 0.5) is 0 Å². The molecule has 0 radical (unpaired) electrons. The Balaban J connectivity index is 2.09. The van der Waals surface area contributed by atoms with Gasteiger partial charge in [-0.25, -0.2) is 0 Å². The number of benzene rings is 2. The van der Waals surface area contributed by atoms with Crippen molar-refractivity contribution >= 4 is 22.8 Å². The molecule has 0 spiro atoms. The third kappa shape index (κ3) is 2.30. The van der Waals surface area contributed by atoms with Gasteiger partial charge >= 0.3 is 0 Å². The zero-order valence-corrected chi connectivity index (χ0v) is 12.9. The van der Waals surface area contributed by atoms with Crippen molar-refractivity contribution in [3.63, 3.8) is 0 Å². The Hall–Kier alpha value is -1.16. The van der Waals surface area contributed by atoms with E-state index in [0.29, 0.717) is 17.2 Å². The van der Waals surface area contributed by atoms with Crippen molar-refractivity contribution in [1.29, 1.82) is 0 Å². The summed E-state index contributed by atoms with van der Waals surface area (Å²) in [7, 11) is 0. The fourth-order valence-electron chi connectivity index (χ4n) is 2.41. The molecule has 0 aliphatic carbocycles. The van der Waals surface area contributed by atoms with Crippen LogP contribution in [0.15, 0.2) is 46.2 Å². The second-order valence-electron chi connectivity index (χ2n) is 5.07. The number of halogens is 1. The van der Waals surface area contributed by atoms with Crippen molar-refractivity contribution in [3.05, 3.63) is 52.5 Å². The lowest BCUT2D eigenvalue weighted by Gasteiger charge is -2.23. The van der Waals surface area contributed by atoms with Gasteiger partial charge in [0.25, 0.3) is 0 Å². The van der Waals surface area contributed by atoms with Gasteiger partial charge < -0.3 is 9.29 Å². The van der Waals surface area contributed by atoms with Gasteiger partial charge in [0, 0.05) is 28.7 Å². The smallest absolute Gasteiger partial charge is 0.163 e. The molecule has 3 rings (SSSR count). The van der Waals surface area contributed by atoms with Gasteiger partial charge in [0.05, 0.1) is 11.1 Å². The highest BCUT2D eigenvalue weighted by Gasteiger charge is 2.31. The SMILES string of the molecule is CC(C)Oc1ccc2c(c1Cl)Cc1ccccc1[S+]2[O-]. The highest BCUT2D eigenvalue weighted by Crippen LogP contribution is 2.41. The van der Waals surface area contributed by atoms with Crippen LogP contribution in [0.2, 0.25) is 5.02 Å². The van der Waals surface area contributed by atoms with Crippen molar-refractivity contribution < 1.29 is 9.29 Å². The van der Waals surface area contributed by atoms with Crippen molar-refractivity contribution in [1.82, 2.24) is 0 Å². The number of ether oxygens (including phenoxy) is 1. The molecule has 0 fully saturated rings. The molecule has 0 aromatic heterocycles. The van der Waals surface area contributed by atoms with E-state index >= 15 is 0 Å². The summed E-state index contributed by atoms with van der Waals surface area (Å²) in [5.41, 5.74) is 1.99. The molecular weight excluding hydrogens is 292 g/mol. The van der Waals surface area contributed by atoms with Crippen molar-refractivity contribution in [2.75, 3.05) is 0 Å². The minimum atomic E-state index is -1.16. The summed E-state index contributed by atoms with van der Waals surface area (Å²) >= 11 is 5.28. The van der Waals surface area contributed by atoms with E-state index in [1.54, 1.807) is 0 Å². The molecular formula is C16H15ClO2S. The summed E-state index contributed by atoms with van der Waals surface area (Å²) in [5, 5.41) is 0.582. The molecule has 104 valence electrons. The molecule has 4 heteroatoms. The van der Waals surface area contributed by atoms with Crippen molar-refractivity contribution in [3.8, 4) is 5.75 Å². The fraction of sp³-hybridized carbons (Fsp3) is 0.250. The molecule has 0 saturated carbocycles. The zero-order chi connectivity index (χ0) is 14.3. The Labute approximate surface area is 126 Å². The van der Waals surface area contributed by atoms with Gasteiger partial charge in [-0.05, 0) is 32.0 Å². The van der Waals surface area contributed by atoms with Gasteiger partial charge in [0.1, 0.15) is 5.75 Å². The molecule has 1 heterocycles. The van der Waals surface area contributed by atoms with Gasteiger partial charge in [-0.2, -0.15) is 0 Å². The highest BCUT2D eigenvalue weighted by atomic mass is 35.5. The van der Waals surface area contributed by atoms with Crippen LogP contribution in [-0.2, 0) is 17.6 Å². The van der Waals surface area contributed by atoms with Crippen LogP contribution in [0.3, 0.4) is 0 Å². The quantitative estimate of drug-likeness (QED) is 0.779. The lowest BCUT2D eigenvalue weighted by Crippen LogP contribution is -2.16. The molecule has 0 bridgehead atoms. The number of hydrogen-bond acceptors (Lipinski definition) is 2. The standard InChI is InChI=1S/C16H15ClO2S/c1-10(2)19-13-7-8-15-12(16(13)17)9-11-5-3-4-6-14(11)20(15)18/h3-8,10H,9H2,1-2H3. The van der Waals surface area contributed by atoms with E-state index in [4.69, 9.17) is 16.3 Å². The Morgan fingerprint density at radius 1 is 1.15 bits per heavy atom. The zero-order valence-electron chi connectivity index (χ0n) is 11.4. The molecule has 20 heavy (non-hydrogen) atoms. The summed E-state index contributed by atoms with van der Waals surface area (Å²) in [4.78, 5) is 1.68. The first-order chi connectivity index (χ1) is 9.58. The van der Waals surface area contributed by atoms with Gasteiger partial charge in [0.15, 0.2) is 9.79 Å². The summed E-state index contributed by atoms with van der Waals surface area (Å²) in [5.74, 6) is 0.664. The van der Waals surface area contributed by atoms with Crippen LogP contribution in [0.25, 0.3) is 0 Å². The monoisotopic (exact) mass is 306 g/mol. The topological polar surface area (TPSA) is 32.3 Å². The molecule has 0 saturated heterocycles. The lowest BCUT2D eigenvalue weighted by atomic mass is 10.0. The summed E-state index contributed by atoms with van der Waals surface area (Å²) < 4.78 is 18.3. The summed E-state index contributed by atoms with van der Waals surface area (Å²) in [6, 6.07) is 11.5. The minimum Gasteiger partial charge on any atom is -0.606 e. The first-order valence-corrected chi connectivity index (χ1v) is 8.08. The number of fused-ring (bicyclic) bond motifs is 2. The molecule has 2 nitrogen and oxygen atoms in total. The average Bonchev–Trinajstić information content (AvgIpc) is 2.42. The molecule has 0 amide bonds. The Kier molecular flexibility index (Phi) is 3.67. The summed E-state index contributed by atoms with van der Waals surface area (Å²) in [6.07, 6.45) is 0.762. The summed E-state index contributed by atoms with van der Waals surface area (Å²) in [6.45, 7) is 3.92. The maximum Gasteiger partial charge on any atom is 0.163 e. The molecule has 0 N–H and O–H groups in total. The molecule has 2 aromatic rings. The van der Waals surface area contributed by atoms with Crippen molar-refractivity contribution in [2.24, 2.45) is 0 Å². The predicted octanol–water partition coefficient (Wildman–Crippen LogP) is 4.20. The third-order valence-electron chi connectivity index (χ3n) is 3.27. The van der Waals surface area contributed by atoms with Gasteiger partial charge in [-0.1, -0.05) is 29.8 Å². The largest absolute Gasteiger partial charge is 0.606 e. The Morgan fingerprint density at radius 3 is 2.65 bits per heavy atom. The third-order valence-corrected chi connectivity index (χ3v) is 5.26. The number of rotatable bonds is 2. The minimum absolute atomic E-state index is 0.0620. The van der Waals surface area contributed by atoms with Crippen LogP contribution >= 0.6 is 11.6 Å². The van der Waals surface area contributed by atoms with Crippen LogP contribution in [-0.4, -0.2) is 10.7 Å². The van der Waals surface area contributed by atoms with E-state index in [0.717, 1.165) is 20.9 Å². The maximum atomic E-state index is 12.6. The Bertz CT molecular complexity index is 655. The normalized spacial score (nSPS) is 16.8. The van der Waals surface area contributed by atoms with E-state index in [1.807, 2.05) is 50.2 Å². The molecule has 1 aliphatic heterocycles. The maximum absolute atomic E-state index is 12.6. The van der Waals surface area contributed by atoms with E-state index in [2.05, 4.69) is 0 Å². The predicted molar refractivity (Wildman–Crippen MR) is 81.1 cm³/mol. The Morgan fingerprint density at radius 2 is 1.90 bits per heavy atom. The van der Waals surface area contributed by atoms with Crippen LogP contribution in [0.1, 0.15) is 25.0 Å². The molecule has 1 atom stereocenters. The highest BCUT2D eigenvalue weighted by molar-refractivity contribution is 7.91. The van der Waals surface area contributed by atoms with Crippen LogP contribution < -0.4 is 4.74 Å². The molecule has 2 aromatic carbocycles.